The summed E-state index contributed by atoms with van der Waals surface area (Å²) in [4.78, 5) is 24.3. The van der Waals surface area contributed by atoms with Crippen LogP contribution in [0.1, 0.15) is 47.0 Å². The van der Waals surface area contributed by atoms with Gasteiger partial charge in [-0.05, 0) is 18.8 Å². The Kier molecular flexibility index (Phi) is 5.29. The normalized spacial score (nSPS) is 25.3. The van der Waals surface area contributed by atoms with Crippen molar-refractivity contribution < 1.29 is 19.8 Å². The molecular formula is C15H24O4. The Labute approximate surface area is 114 Å². The summed E-state index contributed by atoms with van der Waals surface area (Å²) in [6.45, 7) is 7.64. The maximum atomic E-state index is 12.2. The van der Waals surface area contributed by atoms with Crippen LogP contribution in [0.3, 0.4) is 0 Å². The molecule has 0 saturated carbocycles. The fourth-order valence-electron chi connectivity index (χ4n) is 2.27. The van der Waals surface area contributed by atoms with Gasteiger partial charge in [-0.2, -0.15) is 0 Å². The third-order valence-electron chi connectivity index (χ3n) is 3.86. The number of allylic oxidation sites excluding steroid dienone is 1. The average molecular weight is 268 g/mol. The third-order valence-corrected chi connectivity index (χ3v) is 3.86. The van der Waals surface area contributed by atoms with Crippen LogP contribution in [0, 0.1) is 17.8 Å². The van der Waals surface area contributed by atoms with Crippen molar-refractivity contribution in [3.63, 3.8) is 0 Å². The van der Waals surface area contributed by atoms with E-state index in [4.69, 9.17) is 0 Å². The van der Waals surface area contributed by atoms with Gasteiger partial charge >= 0.3 is 0 Å². The quantitative estimate of drug-likeness (QED) is 0.725. The smallest absolute Gasteiger partial charge is 0.176 e. The summed E-state index contributed by atoms with van der Waals surface area (Å²) in [6.07, 6.45) is 0.675. The molecule has 0 aliphatic heterocycles. The summed E-state index contributed by atoms with van der Waals surface area (Å²) in [5.74, 6) is -1.73. The zero-order valence-electron chi connectivity index (χ0n) is 12.1. The second kappa shape index (κ2) is 6.33. The Morgan fingerprint density at radius 3 is 2.37 bits per heavy atom. The molecule has 0 aromatic rings. The van der Waals surface area contributed by atoms with Gasteiger partial charge in [0, 0.05) is 5.92 Å². The highest BCUT2D eigenvalue weighted by molar-refractivity contribution is 6.23. The number of rotatable bonds is 6. The van der Waals surface area contributed by atoms with Gasteiger partial charge < -0.3 is 10.2 Å². The second-order valence-corrected chi connectivity index (χ2v) is 5.82. The molecule has 19 heavy (non-hydrogen) atoms. The van der Waals surface area contributed by atoms with Crippen LogP contribution in [-0.4, -0.2) is 27.9 Å². The maximum absolute atomic E-state index is 12.2. The number of carbonyl (C=O) groups excluding carboxylic acids is 2. The average Bonchev–Trinajstić information content (AvgIpc) is 2.56. The van der Waals surface area contributed by atoms with E-state index in [0.29, 0.717) is 18.8 Å². The van der Waals surface area contributed by atoms with E-state index in [-0.39, 0.29) is 17.3 Å². The molecule has 108 valence electrons. The molecule has 2 unspecified atom stereocenters. The molecule has 0 amide bonds. The van der Waals surface area contributed by atoms with E-state index in [2.05, 4.69) is 0 Å². The van der Waals surface area contributed by atoms with Crippen LogP contribution in [0.2, 0.25) is 0 Å². The molecule has 4 heteroatoms. The first kappa shape index (κ1) is 15.9. The van der Waals surface area contributed by atoms with Crippen LogP contribution >= 0.6 is 0 Å². The summed E-state index contributed by atoms with van der Waals surface area (Å²) < 4.78 is 0. The van der Waals surface area contributed by atoms with Crippen molar-refractivity contribution in [3.8, 4) is 0 Å². The lowest BCUT2D eigenvalue weighted by atomic mass is 9.90. The predicted octanol–water partition coefficient (Wildman–Crippen LogP) is 2.41. The van der Waals surface area contributed by atoms with Gasteiger partial charge in [0.05, 0.1) is 5.92 Å². The van der Waals surface area contributed by atoms with Crippen LogP contribution in [0.15, 0.2) is 11.3 Å². The standard InChI is InChI=1S/C15H24O4/c1-5-9(4)12(16)11-13(17)10(7-6-8(2)3)14(18)15(11)19/h8-10,14,18-19H,5-7H2,1-4H3/t9?,10-,14?/m1/s1. The molecule has 0 saturated heterocycles. The molecule has 0 radical (unpaired) electrons. The summed E-state index contributed by atoms with van der Waals surface area (Å²) in [5, 5.41) is 19.8. The Hall–Kier alpha value is -1.16. The first-order valence-electron chi connectivity index (χ1n) is 7.00. The highest BCUT2D eigenvalue weighted by atomic mass is 16.3. The minimum atomic E-state index is -1.21. The summed E-state index contributed by atoms with van der Waals surface area (Å²) in [5.41, 5.74) is -0.171. The van der Waals surface area contributed by atoms with Crippen LogP contribution in [-0.2, 0) is 9.59 Å². The molecule has 3 atom stereocenters. The Balaban J connectivity index is 2.89. The largest absolute Gasteiger partial charge is 0.509 e. The predicted molar refractivity (Wildman–Crippen MR) is 72.7 cm³/mol. The highest BCUT2D eigenvalue weighted by Crippen LogP contribution is 2.33. The van der Waals surface area contributed by atoms with Crippen LogP contribution in [0.4, 0.5) is 0 Å². The Morgan fingerprint density at radius 2 is 1.89 bits per heavy atom. The van der Waals surface area contributed by atoms with E-state index in [0.717, 1.165) is 6.42 Å². The topological polar surface area (TPSA) is 74.6 Å². The molecule has 0 fully saturated rings. The van der Waals surface area contributed by atoms with Gasteiger partial charge in [0.2, 0.25) is 0 Å². The van der Waals surface area contributed by atoms with Crippen LogP contribution in [0.25, 0.3) is 0 Å². The minimum Gasteiger partial charge on any atom is -0.509 e. The van der Waals surface area contributed by atoms with Gasteiger partial charge in [-0.25, -0.2) is 0 Å². The van der Waals surface area contributed by atoms with Crippen LogP contribution in [0.5, 0.6) is 0 Å². The molecule has 0 aromatic heterocycles. The number of Topliss-reactive ketones (excluding diaryl/α,β-unsaturated/α-hetero) is 2. The molecule has 2 N–H and O–H groups in total. The number of carbonyl (C=O) groups is 2. The van der Waals surface area contributed by atoms with Crippen molar-refractivity contribution in [1.82, 2.24) is 0 Å². The number of aliphatic hydroxyl groups excluding tert-OH is 2. The number of hydrogen-bond acceptors (Lipinski definition) is 4. The van der Waals surface area contributed by atoms with Gasteiger partial charge in [-0.1, -0.05) is 34.1 Å². The van der Waals surface area contributed by atoms with E-state index in [9.17, 15) is 19.8 Å². The fraction of sp³-hybridized carbons (Fsp3) is 0.733. The van der Waals surface area contributed by atoms with E-state index >= 15 is 0 Å². The summed E-state index contributed by atoms with van der Waals surface area (Å²) in [7, 11) is 0. The summed E-state index contributed by atoms with van der Waals surface area (Å²) in [6, 6.07) is 0. The molecule has 0 bridgehead atoms. The third kappa shape index (κ3) is 3.24. The number of aliphatic hydroxyl groups is 2. The van der Waals surface area contributed by atoms with E-state index in [1.807, 2.05) is 20.8 Å². The summed E-state index contributed by atoms with van der Waals surface area (Å²) >= 11 is 0. The number of hydrogen-bond donors (Lipinski definition) is 2. The highest BCUT2D eigenvalue weighted by Gasteiger charge is 2.44. The molecule has 0 heterocycles. The molecule has 1 aliphatic rings. The fourth-order valence-corrected chi connectivity index (χ4v) is 2.27. The minimum absolute atomic E-state index is 0.171. The zero-order chi connectivity index (χ0) is 14.7. The van der Waals surface area contributed by atoms with Crippen LogP contribution < -0.4 is 0 Å². The van der Waals surface area contributed by atoms with Crippen molar-refractivity contribution in [3.05, 3.63) is 11.3 Å². The zero-order valence-corrected chi connectivity index (χ0v) is 12.1. The van der Waals surface area contributed by atoms with Crippen molar-refractivity contribution in [1.29, 1.82) is 0 Å². The van der Waals surface area contributed by atoms with Gasteiger partial charge in [0.15, 0.2) is 11.6 Å². The number of ketones is 2. The monoisotopic (exact) mass is 268 g/mol. The lowest BCUT2D eigenvalue weighted by Gasteiger charge is -2.14. The first-order valence-corrected chi connectivity index (χ1v) is 7.00. The van der Waals surface area contributed by atoms with Crippen molar-refractivity contribution in [2.45, 2.75) is 53.1 Å². The van der Waals surface area contributed by atoms with Gasteiger partial charge in [0.1, 0.15) is 17.4 Å². The van der Waals surface area contributed by atoms with E-state index < -0.39 is 23.6 Å². The van der Waals surface area contributed by atoms with E-state index in [1.165, 1.54) is 0 Å². The van der Waals surface area contributed by atoms with Crippen molar-refractivity contribution >= 4 is 11.6 Å². The Morgan fingerprint density at radius 1 is 1.32 bits per heavy atom. The molecule has 0 aromatic carbocycles. The van der Waals surface area contributed by atoms with Gasteiger partial charge in [-0.15, -0.1) is 0 Å². The lowest BCUT2D eigenvalue weighted by molar-refractivity contribution is -0.125. The lowest BCUT2D eigenvalue weighted by Crippen LogP contribution is -2.24. The molecule has 1 rings (SSSR count). The van der Waals surface area contributed by atoms with Crippen molar-refractivity contribution in [2.75, 3.05) is 0 Å². The van der Waals surface area contributed by atoms with E-state index in [1.54, 1.807) is 6.92 Å². The maximum Gasteiger partial charge on any atom is 0.176 e. The molecule has 0 spiro atoms. The molecule has 1 aliphatic carbocycles. The van der Waals surface area contributed by atoms with Gasteiger partial charge in [-0.3, -0.25) is 9.59 Å². The molecule has 4 nitrogen and oxygen atoms in total. The van der Waals surface area contributed by atoms with Crippen molar-refractivity contribution in [2.24, 2.45) is 17.8 Å². The Bertz CT molecular complexity index is 395. The van der Waals surface area contributed by atoms with Gasteiger partial charge in [0.25, 0.3) is 0 Å². The first-order chi connectivity index (χ1) is 8.81. The SMILES string of the molecule is CCC(C)C(=O)C1=C(O)C(O)[C@H](CCC(C)C)C1=O. The molecular weight excluding hydrogens is 244 g/mol. The second-order valence-electron chi connectivity index (χ2n) is 5.82.